The molecule has 4 rings (SSSR count). The van der Waals surface area contributed by atoms with E-state index in [2.05, 4.69) is 10.3 Å². The maximum atomic E-state index is 13.0. The lowest BCUT2D eigenvalue weighted by atomic mass is 10.1. The lowest BCUT2D eigenvalue weighted by Gasteiger charge is -2.12. The largest absolute Gasteiger partial charge is 0.495 e. The zero-order valence-corrected chi connectivity index (χ0v) is 19.1. The Kier molecular flexibility index (Phi) is 6.53. The molecule has 2 aromatic carbocycles. The summed E-state index contributed by atoms with van der Waals surface area (Å²) in [5, 5.41) is 3.77. The van der Waals surface area contributed by atoms with Gasteiger partial charge >= 0.3 is 0 Å². The highest BCUT2D eigenvalue weighted by Crippen LogP contribution is 2.29. The summed E-state index contributed by atoms with van der Waals surface area (Å²) in [6.45, 7) is 2.31. The van der Waals surface area contributed by atoms with Crippen LogP contribution in [0.3, 0.4) is 0 Å². The number of hydrogen-bond acceptors (Lipinski definition) is 5. The number of ether oxygens (including phenoxy) is 1. The van der Waals surface area contributed by atoms with Crippen LogP contribution in [0.2, 0.25) is 5.02 Å². The molecule has 0 saturated carbocycles. The fraction of sp³-hybridized carbons (Fsp3) is 0.174. The first-order valence-electron chi connectivity index (χ1n) is 9.95. The molecule has 164 valence electrons. The van der Waals surface area contributed by atoms with E-state index < -0.39 is 0 Å². The molecule has 0 fully saturated rings. The number of benzene rings is 2. The Morgan fingerprint density at radius 1 is 1.25 bits per heavy atom. The molecule has 2 aromatic heterocycles. The zero-order valence-electron chi connectivity index (χ0n) is 17.5. The summed E-state index contributed by atoms with van der Waals surface area (Å²) in [7, 11) is 1.52. The highest BCUT2D eigenvalue weighted by Gasteiger charge is 2.17. The van der Waals surface area contributed by atoms with Crippen LogP contribution in [0, 0.1) is 0 Å². The number of carbonyl (C=O) groups is 1. The maximum absolute atomic E-state index is 13.0. The minimum absolute atomic E-state index is 0.0682. The molecule has 4 aromatic rings. The second-order valence-electron chi connectivity index (χ2n) is 6.92. The topological polar surface area (TPSA) is 89.0 Å². The first kappa shape index (κ1) is 22.0. The van der Waals surface area contributed by atoms with E-state index in [1.54, 1.807) is 29.0 Å². The quantitative estimate of drug-likeness (QED) is 0.300. The van der Waals surface area contributed by atoms with Crippen LogP contribution in [0.4, 0.5) is 5.69 Å². The van der Waals surface area contributed by atoms with Crippen LogP contribution in [0.5, 0.6) is 5.75 Å². The molecule has 2 N–H and O–H groups in total. The molecule has 9 heteroatoms. The van der Waals surface area contributed by atoms with E-state index in [9.17, 15) is 9.59 Å². The molecule has 0 aliphatic rings. The number of aromatic amines is 1. The Bertz CT molecular complexity index is 1330. The van der Waals surface area contributed by atoms with E-state index in [1.165, 1.54) is 18.9 Å². The number of fused-ring (bicyclic) bond motifs is 1. The van der Waals surface area contributed by atoms with Crippen LogP contribution in [-0.4, -0.2) is 33.3 Å². The zero-order chi connectivity index (χ0) is 22.7. The number of nitrogens with zero attached hydrogens (tertiary/aromatic N) is 2. The summed E-state index contributed by atoms with van der Waals surface area (Å²) in [5.74, 6) is 0.320. The lowest BCUT2D eigenvalue weighted by molar-refractivity contribution is -0.113. The predicted molar refractivity (Wildman–Crippen MR) is 129 cm³/mol. The van der Waals surface area contributed by atoms with Crippen molar-refractivity contribution in [3.63, 3.8) is 0 Å². The fourth-order valence-corrected chi connectivity index (χ4v) is 4.42. The minimum Gasteiger partial charge on any atom is -0.495 e. The third kappa shape index (κ3) is 4.37. The Morgan fingerprint density at radius 3 is 2.75 bits per heavy atom. The van der Waals surface area contributed by atoms with Crippen molar-refractivity contribution in [1.82, 2.24) is 14.5 Å². The molecule has 2 heterocycles. The summed E-state index contributed by atoms with van der Waals surface area (Å²) in [4.78, 5) is 33.4. The molecular weight excluding hydrogens is 448 g/mol. The van der Waals surface area contributed by atoms with Crippen LogP contribution in [-0.2, 0) is 11.3 Å². The molecule has 7 nitrogen and oxygen atoms in total. The second-order valence-corrected chi connectivity index (χ2v) is 8.30. The molecule has 0 spiro atoms. The molecule has 1 amide bonds. The molecule has 0 radical (unpaired) electrons. The third-order valence-corrected chi connectivity index (χ3v) is 6.13. The van der Waals surface area contributed by atoms with Gasteiger partial charge in [0.1, 0.15) is 16.8 Å². The van der Waals surface area contributed by atoms with Gasteiger partial charge in [0.25, 0.3) is 5.56 Å². The van der Waals surface area contributed by atoms with Crippen molar-refractivity contribution >= 4 is 46.0 Å². The lowest BCUT2D eigenvalue weighted by Crippen LogP contribution is -2.23. The van der Waals surface area contributed by atoms with Gasteiger partial charge in [-0.15, -0.1) is 0 Å². The average Bonchev–Trinajstić information content (AvgIpc) is 3.23. The summed E-state index contributed by atoms with van der Waals surface area (Å²) in [5.41, 5.74) is 3.16. The van der Waals surface area contributed by atoms with Gasteiger partial charge in [0.15, 0.2) is 5.16 Å². The number of halogens is 1. The molecule has 0 aliphatic carbocycles. The highest BCUT2D eigenvalue weighted by molar-refractivity contribution is 7.99. The van der Waals surface area contributed by atoms with E-state index >= 15 is 0 Å². The van der Waals surface area contributed by atoms with Crippen LogP contribution in [0.1, 0.15) is 6.92 Å². The van der Waals surface area contributed by atoms with E-state index in [1.807, 2.05) is 37.3 Å². The van der Waals surface area contributed by atoms with Crippen LogP contribution >= 0.6 is 23.4 Å². The van der Waals surface area contributed by atoms with Gasteiger partial charge in [-0.05, 0) is 30.7 Å². The second kappa shape index (κ2) is 9.50. The molecule has 0 aliphatic heterocycles. The summed E-state index contributed by atoms with van der Waals surface area (Å²) >= 11 is 7.24. The average molecular weight is 469 g/mol. The van der Waals surface area contributed by atoms with Gasteiger partial charge in [0, 0.05) is 23.3 Å². The molecule has 0 saturated heterocycles. The van der Waals surface area contributed by atoms with Crippen molar-refractivity contribution < 1.29 is 9.53 Å². The van der Waals surface area contributed by atoms with Crippen molar-refractivity contribution in [2.45, 2.75) is 18.6 Å². The van der Waals surface area contributed by atoms with E-state index in [0.29, 0.717) is 39.2 Å². The first-order chi connectivity index (χ1) is 15.5. The number of amides is 1. The monoisotopic (exact) mass is 468 g/mol. The van der Waals surface area contributed by atoms with Crippen molar-refractivity contribution in [1.29, 1.82) is 0 Å². The van der Waals surface area contributed by atoms with Crippen LogP contribution in [0.15, 0.2) is 64.7 Å². The summed E-state index contributed by atoms with van der Waals surface area (Å²) in [6, 6.07) is 14.7. The van der Waals surface area contributed by atoms with E-state index in [0.717, 1.165) is 11.1 Å². The molecule has 0 unspecified atom stereocenters. The van der Waals surface area contributed by atoms with Gasteiger partial charge in [-0.3, -0.25) is 14.2 Å². The molecular formula is C23H21ClN4O3S. The molecule has 32 heavy (non-hydrogen) atoms. The Labute approximate surface area is 193 Å². The van der Waals surface area contributed by atoms with Gasteiger partial charge in [-0.25, -0.2) is 4.98 Å². The Balaban J connectivity index is 1.62. The number of nitrogens with one attached hydrogen (secondary N) is 2. The van der Waals surface area contributed by atoms with Gasteiger partial charge in [0.05, 0.1) is 18.6 Å². The number of rotatable bonds is 7. The SMILES string of the molecule is CCn1c(SCC(=O)Nc2cc(Cl)ccc2OC)nc2c(-c3ccccc3)c[nH]c2c1=O. The maximum Gasteiger partial charge on any atom is 0.278 e. The molecule has 0 bridgehead atoms. The van der Waals surface area contributed by atoms with Gasteiger partial charge in [0.2, 0.25) is 5.91 Å². The summed E-state index contributed by atoms with van der Waals surface area (Å²) < 4.78 is 6.83. The smallest absolute Gasteiger partial charge is 0.278 e. The predicted octanol–water partition coefficient (Wildman–Crippen LogP) is 4.80. The Morgan fingerprint density at radius 2 is 2.03 bits per heavy atom. The number of H-pyrrole nitrogens is 1. The highest BCUT2D eigenvalue weighted by atomic mass is 35.5. The number of aromatic nitrogens is 3. The normalized spacial score (nSPS) is 11.0. The van der Waals surface area contributed by atoms with Gasteiger partial charge in [-0.2, -0.15) is 0 Å². The third-order valence-electron chi connectivity index (χ3n) is 4.92. The molecule has 0 atom stereocenters. The minimum atomic E-state index is -0.259. The number of methoxy groups -OCH3 is 1. The number of anilines is 1. The van der Waals surface area contributed by atoms with Crippen LogP contribution < -0.4 is 15.6 Å². The van der Waals surface area contributed by atoms with Crippen molar-refractivity contribution in [3.8, 4) is 16.9 Å². The van der Waals surface area contributed by atoms with Crippen LogP contribution in [0.25, 0.3) is 22.2 Å². The van der Waals surface area contributed by atoms with Crippen molar-refractivity contribution in [2.75, 3.05) is 18.2 Å². The van der Waals surface area contributed by atoms with E-state index in [4.69, 9.17) is 21.3 Å². The first-order valence-corrected chi connectivity index (χ1v) is 11.3. The van der Waals surface area contributed by atoms with Crippen molar-refractivity contribution in [3.05, 3.63) is 70.1 Å². The number of hydrogen-bond donors (Lipinski definition) is 2. The number of thioether (sulfide) groups is 1. The van der Waals surface area contributed by atoms with E-state index in [-0.39, 0.29) is 17.2 Å². The fourth-order valence-electron chi connectivity index (χ4n) is 3.39. The van der Waals surface area contributed by atoms with Crippen molar-refractivity contribution in [2.24, 2.45) is 0 Å². The standard InChI is InChI=1S/C23H21ClN4O3S/c1-3-28-22(30)21-20(16(12-25-21)14-7-5-4-6-8-14)27-23(28)32-13-19(29)26-17-11-15(24)9-10-18(17)31-2/h4-12,25H,3,13H2,1-2H3,(H,26,29). The van der Waals surface area contributed by atoms with Gasteiger partial charge in [-0.1, -0.05) is 53.7 Å². The van der Waals surface area contributed by atoms with Gasteiger partial charge < -0.3 is 15.0 Å². The summed E-state index contributed by atoms with van der Waals surface area (Å²) in [6.07, 6.45) is 1.79. The number of carbonyl (C=O) groups excluding carboxylic acids is 1. The Hall–Kier alpha value is -3.23.